The van der Waals surface area contributed by atoms with Gasteiger partial charge >= 0.3 is 0 Å². The number of hydrogen-bond donors (Lipinski definition) is 1. The first kappa shape index (κ1) is 14.9. The van der Waals surface area contributed by atoms with Crippen LogP contribution < -0.4 is 0 Å². The second kappa shape index (κ2) is 5.25. The average molecular weight is 253 g/mol. The standard InChI is InChI=1S/C13H23N3O2/c1-12(2,9-14)11(17)16-7-5-15(6-8-16)10-13(3,4)18/h18H,5-8,10H2,1-4H3. The van der Waals surface area contributed by atoms with Crippen LogP contribution in [0.2, 0.25) is 0 Å². The molecule has 0 aromatic heterocycles. The molecule has 18 heavy (non-hydrogen) atoms. The van der Waals surface area contributed by atoms with E-state index in [1.54, 1.807) is 32.6 Å². The van der Waals surface area contributed by atoms with Crippen LogP contribution in [0.3, 0.4) is 0 Å². The summed E-state index contributed by atoms with van der Waals surface area (Å²) in [5, 5.41) is 18.7. The first-order valence-electron chi connectivity index (χ1n) is 6.31. The van der Waals surface area contributed by atoms with Crippen molar-refractivity contribution in [3.8, 4) is 6.07 Å². The smallest absolute Gasteiger partial charge is 0.242 e. The molecular formula is C13H23N3O2. The lowest BCUT2D eigenvalue weighted by atomic mass is 9.93. The molecule has 1 aliphatic rings. The van der Waals surface area contributed by atoms with Gasteiger partial charge in [-0.05, 0) is 27.7 Å². The van der Waals surface area contributed by atoms with Gasteiger partial charge in [-0.25, -0.2) is 0 Å². The number of carbonyl (C=O) groups is 1. The number of amides is 1. The molecule has 1 rings (SSSR count). The Labute approximate surface area is 109 Å². The lowest BCUT2D eigenvalue weighted by molar-refractivity contribution is -0.139. The largest absolute Gasteiger partial charge is 0.389 e. The van der Waals surface area contributed by atoms with Crippen LogP contribution >= 0.6 is 0 Å². The Morgan fingerprint density at radius 3 is 2.11 bits per heavy atom. The van der Waals surface area contributed by atoms with Crippen molar-refractivity contribution in [3.05, 3.63) is 0 Å². The molecule has 0 spiro atoms. The van der Waals surface area contributed by atoms with Crippen molar-refractivity contribution >= 4 is 5.91 Å². The maximum absolute atomic E-state index is 12.1. The Kier molecular flexibility index (Phi) is 4.36. The number of nitrogens with zero attached hydrogens (tertiary/aromatic N) is 3. The maximum atomic E-state index is 12.1. The van der Waals surface area contributed by atoms with Crippen molar-refractivity contribution in [3.63, 3.8) is 0 Å². The van der Waals surface area contributed by atoms with Gasteiger partial charge in [0.15, 0.2) is 0 Å². The molecule has 5 nitrogen and oxygen atoms in total. The quantitative estimate of drug-likeness (QED) is 0.793. The van der Waals surface area contributed by atoms with Crippen LogP contribution in [0, 0.1) is 16.7 Å². The highest BCUT2D eigenvalue weighted by Crippen LogP contribution is 2.19. The lowest BCUT2D eigenvalue weighted by Crippen LogP contribution is -2.54. The van der Waals surface area contributed by atoms with E-state index in [1.807, 2.05) is 6.07 Å². The van der Waals surface area contributed by atoms with Crippen LogP contribution in [0.15, 0.2) is 0 Å². The molecule has 1 heterocycles. The second-order valence-electron chi connectivity index (χ2n) is 6.12. The predicted molar refractivity (Wildman–Crippen MR) is 68.7 cm³/mol. The van der Waals surface area contributed by atoms with E-state index >= 15 is 0 Å². The fraction of sp³-hybridized carbons (Fsp3) is 0.846. The molecule has 102 valence electrons. The van der Waals surface area contributed by atoms with Gasteiger partial charge in [0.1, 0.15) is 5.41 Å². The monoisotopic (exact) mass is 253 g/mol. The van der Waals surface area contributed by atoms with E-state index in [9.17, 15) is 9.90 Å². The van der Waals surface area contributed by atoms with Gasteiger partial charge in [-0.1, -0.05) is 0 Å². The molecular weight excluding hydrogens is 230 g/mol. The molecule has 1 aliphatic heterocycles. The van der Waals surface area contributed by atoms with Gasteiger partial charge in [-0.2, -0.15) is 5.26 Å². The van der Waals surface area contributed by atoms with Crippen LogP contribution in [0.25, 0.3) is 0 Å². The number of nitriles is 1. The van der Waals surface area contributed by atoms with Crippen LogP contribution in [0.5, 0.6) is 0 Å². The zero-order valence-electron chi connectivity index (χ0n) is 11.7. The molecule has 1 saturated heterocycles. The minimum absolute atomic E-state index is 0.104. The Hall–Kier alpha value is -1.12. The summed E-state index contributed by atoms with van der Waals surface area (Å²) >= 11 is 0. The molecule has 0 aromatic rings. The number of aliphatic hydroxyl groups is 1. The first-order valence-corrected chi connectivity index (χ1v) is 6.31. The molecule has 0 saturated carbocycles. The third kappa shape index (κ3) is 3.97. The van der Waals surface area contributed by atoms with Gasteiger partial charge in [-0.15, -0.1) is 0 Å². The van der Waals surface area contributed by atoms with Gasteiger partial charge in [0.05, 0.1) is 11.7 Å². The first-order chi connectivity index (χ1) is 8.15. The van der Waals surface area contributed by atoms with E-state index in [0.29, 0.717) is 19.6 Å². The van der Waals surface area contributed by atoms with Gasteiger partial charge in [0.2, 0.25) is 5.91 Å². The molecule has 5 heteroatoms. The highest BCUT2D eigenvalue weighted by Gasteiger charge is 2.34. The van der Waals surface area contributed by atoms with E-state index in [0.717, 1.165) is 13.1 Å². The Bertz CT molecular complexity index is 344. The number of β-amino-alcohol motifs (C(OH)–C–C–N with tert-alkyl or cyclic N) is 1. The Morgan fingerprint density at radius 1 is 1.22 bits per heavy atom. The average Bonchev–Trinajstić information content (AvgIpc) is 2.27. The highest BCUT2D eigenvalue weighted by molar-refractivity contribution is 5.84. The summed E-state index contributed by atoms with van der Waals surface area (Å²) in [5.41, 5.74) is -1.66. The van der Waals surface area contributed by atoms with Crippen LogP contribution in [-0.2, 0) is 4.79 Å². The molecule has 0 aliphatic carbocycles. The topological polar surface area (TPSA) is 67.6 Å². The minimum atomic E-state index is -0.946. The fourth-order valence-electron chi connectivity index (χ4n) is 2.10. The van der Waals surface area contributed by atoms with E-state index in [-0.39, 0.29) is 5.91 Å². The minimum Gasteiger partial charge on any atom is -0.389 e. The molecule has 1 N–H and O–H groups in total. The second-order valence-corrected chi connectivity index (χ2v) is 6.12. The SMILES string of the molecule is CC(C)(O)CN1CCN(C(=O)C(C)(C)C#N)CC1. The van der Waals surface area contributed by atoms with Crippen molar-refractivity contribution < 1.29 is 9.90 Å². The number of rotatable bonds is 3. The Morgan fingerprint density at radius 2 is 1.72 bits per heavy atom. The summed E-state index contributed by atoms with van der Waals surface area (Å²) in [6.07, 6.45) is 0. The molecule has 1 fully saturated rings. The third-order valence-corrected chi connectivity index (χ3v) is 3.08. The summed E-state index contributed by atoms with van der Waals surface area (Å²) in [7, 11) is 0. The van der Waals surface area contributed by atoms with Gasteiger partial charge in [0, 0.05) is 32.7 Å². The number of piperazine rings is 1. The van der Waals surface area contributed by atoms with Crippen molar-refractivity contribution in [2.24, 2.45) is 5.41 Å². The summed E-state index contributed by atoms with van der Waals surface area (Å²) in [6, 6.07) is 2.04. The summed E-state index contributed by atoms with van der Waals surface area (Å²) in [6.45, 7) is 10.2. The van der Waals surface area contributed by atoms with Gasteiger partial charge in [-0.3, -0.25) is 9.69 Å². The van der Waals surface area contributed by atoms with Crippen LogP contribution in [0.4, 0.5) is 0 Å². The molecule has 1 amide bonds. The van der Waals surface area contributed by atoms with Crippen molar-refractivity contribution in [2.45, 2.75) is 33.3 Å². The Balaban J connectivity index is 2.50. The van der Waals surface area contributed by atoms with Crippen molar-refractivity contribution in [1.82, 2.24) is 9.80 Å². The maximum Gasteiger partial charge on any atom is 0.242 e. The summed E-state index contributed by atoms with van der Waals surface area (Å²) in [4.78, 5) is 16.0. The lowest BCUT2D eigenvalue weighted by Gasteiger charge is -2.38. The van der Waals surface area contributed by atoms with Crippen LogP contribution in [-0.4, -0.2) is 59.1 Å². The normalized spacial score (nSPS) is 18.6. The van der Waals surface area contributed by atoms with E-state index < -0.39 is 11.0 Å². The molecule has 0 radical (unpaired) electrons. The fourth-order valence-corrected chi connectivity index (χ4v) is 2.10. The van der Waals surface area contributed by atoms with E-state index in [4.69, 9.17) is 5.26 Å². The molecule has 0 atom stereocenters. The van der Waals surface area contributed by atoms with Crippen molar-refractivity contribution in [1.29, 1.82) is 5.26 Å². The van der Waals surface area contributed by atoms with Gasteiger partial charge < -0.3 is 10.0 Å². The number of carbonyl (C=O) groups excluding carboxylic acids is 1. The van der Waals surface area contributed by atoms with E-state index in [1.165, 1.54) is 0 Å². The summed E-state index contributed by atoms with van der Waals surface area (Å²) in [5.74, 6) is -0.104. The van der Waals surface area contributed by atoms with E-state index in [2.05, 4.69) is 4.90 Å². The summed E-state index contributed by atoms with van der Waals surface area (Å²) < 4.78 is 0. The third-order valence-electron chi connectivity index (χ3n) is 3.08. The highest BCUT2D eigenvalue weighted by atomic mass is 16.3. The van der Waals surface area contributed by atoms with Crippen molar-refractivity contribution in [2.75, 3.05) is 32.7 Å². The molecule has 0 unspecified atom stereocenters. The molecule has 0 bridgehead atoms. The van der Waals surface area contributed by atoms with Gasteiger partial charge in [0.25, 0.3) is 0 Å². The van der Waals surface area contributed by atoms with Crippen LogP contribution in [0.1, 0.15) is 27.7 Å². The molecule has 0 aromatic carbocycles. The predicted octanol–water partition coefficient (Wildman–Crippen LogP) is 0.451. The zero-order valence-corrected chi connectivity index (χ0v) is 11.7. The zero-order chi connectivity index (χ0) is 14.0. The number of hydrogen-bond acceptors (Lipinski definition) is 4.